The van der Waals surface area contributed by atoms with E-state index in [1.807, 2.05) is 59.6 Å². The van der Waals surface area contributed by atoms with Crippen LogP contribution in [0, 0.1) is 0 Å². The van der Waals surface area contributed by atoms with Crippen LogP contribution in [0.5, 0.6) is 0 Å². The number of amides is 1. The zero-order chi connectivity index (χ0) is 20.8. The molecule has 1 amide bonds. The molecule has 1 aliphatic heterocycles. The lowest BCUT2D eigenvalue weighted by Gasteiger charge is -2.34. The second kappa shape index (κ2) is 7.46. The lowest BCUT2D eigenvalue weighted by molar-refractivity contribution is 0.0629. The molecular formula is C25H25N5O. The molecule has 6 heteroatoms. The van der Waals surface area contributed by atoms with Crippen LogP contribution in [0.15, 0.2) is 60.9 Å². The maximum atomic E-state index is 13.5. The van der Waals surface area contributed by atoms with E-state index < -0.39 is 0 Å². The van der Waals surface area contributed by atoms with Gasteiger partial charge < -0.3 is 9.30 Å². The van der Waals surface area contributed by atoms with Gasteiger partial charge in [-0.05, 0) is 37.1 Å². The van der Waals surface area contributed by atoms with Gasteiger partial charge in [0.15, 0.2) is 0 Å². The molecule has 0 spiro atoms. The topological polar surface area (TPSA) is 53.7 Å². The van der Waals surface area contributed by atoms with Gasteiger partial charge in [-0.2, -0.15) is 0 Å². The van der Waals surface area contributed by atoms with E-state index in [9.17, 15) is 4.79 Å². The van der Waals surface area contributed by atoms with Crippen LogP contribution in [0.1, 0.15) is 40.5 Å². The molecule has 0 radical (unpaired) electrons. The summed E-state index contributed by atoms with van der Waals surface area (Å²) >= 11 is 0. The van der Waals surface area contributed by atoms with Gasteiger partial charge in [0, 0.05) is 62.1 Å². The highest BCUT2D eigenvalue weighted by atomic mass is 16.2. The highest BCUT2D eigenvalue weighted by Crippen LogP contribution is 2.40. The van der Waals surface area contributed by atoms with Crippen LogP contribution in [-0.4, -0.2) is 56.3 Å². The van der Waals surface area contributed by atoms with Gasteiger partial charge in [0.25, 0.3) is 5.91 Å². The number of carbonyl (C=O) groups excluding carboxylic acids is 1. The van der Waals surface area contributed by atoms with E-state index >= 15 is 0 Å². The third kappa shape index (κ3) is 3.57. The SMILES string of the molecule is O=C(c1cc(C2CC2)nc2ccccc12)N1CCN(Cc2cn3ccccc3n2)CC1. The Bertz CT molecular complexity index is 1230. The van der Waals surface area contributed by atoms with E-state index in [4.69, 9.17) is 9.97 Å². The molecule has 1 aliphatic carbocycles. The van der Waals surface area contributed by atoms with E-state index in [0.717, 1.165) is 66.2 Å². The van der Waals surface area contributed by atoms with Gasteiger partial charge in [-0.3, -0.25) is 14.7 Å². The number of fused-ring (bicyclic) bond motifs is 2. The lowest BCUT2D eigenvalue weighted by Crippen LogP contribution is -2.48. The largest absolute Gasteiger partial charge is 0.336 e. The van der Waals surface area contributed by atoms with Crippen molar-refractivity contribution < 1.29 is 4.79 Å². The molecule has 1 saturated carbocycles. The zero-order valence-corrected chi connectivity index (χ0v) is 17.4. The maximum Gasteiger partial charge on any atom is 0.254 e. The van der Waals surface area contributed by atoms with E-state index in [2.05, 4.69) is 15.5 Å². The minimum Gasteiger partial charge on any atom is -0.336 e. The van der Waals surface area contributed by atoms with Crippen molar-refractivity contribution in [3.63, 3.8) is 0 Å². The average Bonchev–Trinajstić information content (AvgIpc) is 3.58. The van der Waals surface area contributed by atoms with Crippen LogP contribution in [0.4, 0.5) is 0 Å². The Balaban J connectivity index is 1.18. The summed E-state index contributed by atoms with van der Waals surface area (Å²) < 4.78 is 2.06. The van der Waals surface area contributed by atoms with Gasteiger partial charge in [0.05, 0.1) is 16.8 Å². The molecule has 4 heterocycles. The summed E-state index contributed by atoms with van der Waals surface area (Å²) in [6, 6.07) is 16.1. The van der Waals surface area contributed by atoms with Crippen molar-refractivity contribution in [1.29, 1.82) is 0 Å². The first-order chi connectivity index (χ1) is 15.2. The van der Waals surface area contributed by atoms with E-state index in [1.54, 1.807) is 0 Å². The fraction of sp³-hybridized carbons (Fsp3) is 0.320. The number of imidazole rings is 1. The number of hydrogen-bond acceptors (Lipinski definition) is 4. The zero-order valence-electron chi connectivity index (χ0n) is 17.4. The van der Waals surface area contributed by atoms with Gasteiger partial charge in [-0.15, -0.1) is 0 Å². The molecule has 156 valence electrons. The summed E-state index contributed by atoms with van der Waals surface area (Å²) in [5.74, 6) is 0.659. The Morgan fingerprint density at radius 2 is 1.77 bits per heavy atom. The number of aromatic nitrogens is 3. The normalized spacial score (nSPS) is 17.5. The van der Waals surface area contributed by atoms with Gasteiger partial charge >= 0.3 is 0 Å². The first-order valence-corrected chi connectivity index (χ1v) is 11.1. The molecule has 0 unspecified atom stereocenters. The molecule has 0 atom stereocenters. The lowest BCUT2D eigenvalue weighted by atomic mass is 10.0. The second-order valence-electron chi connectivity index (χ2n) is 8.65. The molecule has 3 aromatic heterocycles. The number of hydrogen-bond donors (Lipinski definition) is 0. The molecule has 6 rings (SSSR count). The van der Waals surface area contributed by atoms with Crippen LogP contribution in [-0.2, 0) is 6.54 Å². The molecule has 1 saturated heterocycles. The van der Waals surface area contributed by atoms with E-state index in [1.165, 1.54) is 12.8 Å². The molecule has 2 fully saturated rings. The Labute approximate surface area is 181 Å². The van der Waals surface area contributed by atoms with Crippen molar-refractivity contribution in [2.75, 3.05) is 26.2 Å². The van der Waals surface area contributed by atoms with Crippen molar-refractivity contribution in [2.24, 2.45) is 0 Å². The Morgan fingerprint density at radius 1 is 0.968 bits per heavy atom. The predicted octanol–water partition coefficient (Wildman–Crippen LogP) is 3.72. The van der Waals surface area contributed by atoms with E-state index in [0.29, 0.717) is 5.92 Å². The minimum absolute atomic E-state index is 0.132. The highest BCUT2D eigenvalue weighted by molar-refractivity contribution is 6.06. The summed E-state index contributed by atoms with van der Waals surface area (Å²) in [7, 11) is 0. The molecule has 0 N–H and O–H groups in total. The quantitative estimate of drug-likeness (QED) is 0.514. The number of piperazine rings is 1. The Kier molecular flexibility index (Phi) is 4.46. The fourth-order valence-electron chi connectivity index (χ4n) is 4.53. The molecule has 6 nitrogen and oxygen atoms in total. The van der Waals surface area contributed by atoms with Crippen LogP contribution in [0.2, 0.25) is 0 Å². The smallest absolute Gasteiger partial charge is 0.254 e. The van der Waals surface area contributed by atoms with Crippen molar-refractivity contribution in [2.45, 2.75) is 25.3 Å². The summed E-state index contributed by atoms with van der Waals surface area (Å²) in [4.78, 5) is 27.4. The third-order valence-electron chi connectivity index (χ3n) is 6.42. The molecule has 4 aromatic rings. The summed E-state index contributed by atoms with van der Waals surface area (Å²) in [6.07, 6.45) is 6.48. The molecule has 31 heavy (non-hydrogen) atoms. The number of carbonyl (C=O) groups is 1. The summed E-state index contributed by atoms with van der Waals surface area (Å²) in [5, 5.41) is 0.962. The van der Waals surface area contributed by atoms with Crippen molar-refractivity contribution in [3.8, 4) is 0 Å². The number of para-hydroxylation sites is 1. The molecule has 0 bridgehead atoms. The average molecular weight is 412 g/mol. The van der Waals surface area contributed by atoms with Crippen molar-refractivity contribution in [3.05, 3.63) is 77.9 Å². The number of pyridine rings is 2. The van der Waals surface area contributed by atoms with Gasteiger partial charge in [-0.1, -0.05) is 24.3 Å². The minimum atomic E-state index is 0.132. The summed E-state index contributed by atoms with van der Waals surface area (Å²) in [6.45, 7) is 4.01. The van der Waals surface area contributed by atoms with Gasteiger partial charge in [-0.25, -0.2) is 4.98 Å². The standard InChI is InChI=1S/C25H25N5O/c31-25(21-15-23(18-8-9-18)27-22-6-2-1-5-20(21)22)29-13-11-28(12-14-29)16-19-17-30-10-4-3-7-24(30)26-19/h1-7,10,15,17-18H,8-9,11-14,16H2. The number of benzene rings is 1. The summed E-state index contributed by atoms with van der Waals surface area (Å²) in [5.41, 5.74) is 4.86. The maximum absolute atomic E-state index is 13.5. The fourth-order valence-corrected chi connectivity index (χ4v) is 4.53. The predicted molar refractivity (Wildman–Crippen MR) is 120 cm³/mol. The first-order valence-electron chi connectivity index (χ1n) is 11.1. The monoisotopic (exact) mass is 411 g/mol. The van der Waals surface area contributed by atoms with Crippen LogP contribution < -0.4 is 0 Å². The highest BCUT2D eigenvalue weighted by Gasteiger charge is 2.29. The molecule has 2 aliphatic rings. The van der Waals surface area contributed by atoms with Crippen molar-refractivity contribution >= 4 is 22.5 Å². The molecular weight excluding hydrogens is 386 g/mol. The molecule has 1 aromatic carbocycles. The Hall–Kier alpha value is -3.25. The Morgan fingerprint density at radius 3 is 2.58 bits per heavy atom. The van der Waals surface area contributed by atoms with Crippen LogP contribution >= 0.6 is 0 Å². The second-order valence-corrected chi connectivity index (χ2v) is 8.65. The van der Waals surface area contributed by atoms with Gasteiger partial charge in [0.2, 0.25) is 0 Å². The number of rotatable bonds is 4. The first kappa shape index (κ1) is 18.5. The van der Waals surface area contributed by atoms with Crippen LogP contribution in [0.3, 0.4) is 0 Å². The van der Waals surface area contributed by atoms with Crippen molar-refractivity contribution in [1.82, 2.24) is 24.2 Å². The van der Waals surface area contributed by atoms with E-state index in [-0.39, 0.29) is 5.91 Å². The van der Waals surface area contributed by atoms with Gasteiger partial charge in [0.1, 0.15) is 5.65 Å². The number of nitrogens with zero attached hydrogens (tertiary/aromatic N) is 5. The third-order valence-corrected chi connectivity index (χ3v) is 6.42. The van der Waals surface area contributed by atoms with Crippen LogP contribution in [0.25, 0.3) is 16.6 Å².